The van der Waals surface area contributed by atoms with E-state index in [1.165, 1.54) is 6.07 Å². The number of pyridine rings is 1. The topological polar surface area (TPSA) is 87.8 Å². The second-order valence-electron chi connectivity index (χ2n) is 3.54. The number of H-pyrrole nitrogens is 2. The van der Waals surface area contributed by atoms with E-state index in [1.807, 2.05) is 13.0 Å². The molecule has 2 heterocycles. The minimum absolute atomic E-state index is 0.163. The lowest BCUT2D eigenvalue weighted by atomic mass is 10.3. The first kappa shape index (κ1) is 11.1. The number of rotatable bonds is 3. The molecule has 2 N–H and O–H groups in total. The average Bonchev–Trinajstić information content (AvgIpc) is 2.33. The maximum absolute atomic E-state index is 11.1. The van der Waals surface area contributed by atoms with Crippen molar-refractivity contribution >= 4 is 0 Å². The van der Waals surface area contributed by atoms with Crippen molar-refractivity contribution in [1.82, 2.24) is 15.2 Å². The van der Waals surface area contributed by atoms with Gasteiger partial charge in [-0.1, -0.05) is 0 Å². The van der Waals surface area contributed by atoms with Crippen molar-refractivity contribution in [3.8, 4) is 5.75 Å². The summed E-state index contributed by atoms with van der Waals surface area (Å²) in [5, 5.41) is 4.80. The molecule has 88 valence electrons. The molecule has 2 aromatic rings. The SMILES string of the molecule is Cc1ccc(OCc2cc(=O)c(=O)[nH][nH]2)cn1. The number of ether oxygens (including phenoxy) is 1. The van der Waals surface area contributed by atoms with E-state index in [0.29, 0.717) is 11.4 Å². The molecule has 0 saturated carbocycles. The number of hydrogen-bond acceptors (Lipinski definition) is 4. The van der Waals surface area contributed by atoms with E-state index in [9.17, 15) is 9.59 Å². The smallest absolute Gasteiger partial charge is 0.310 e. The molecule has 2 rings (SSSR count). The maximum Gasteiger partial charge on any atom is 0.310 e. The van der Waals surface area contributed by atoms with Crippen LogP contribution in [0.5, 0.6) is 5.75 Å². The van der Waals surface area contributed by atoms with E-state index in [1.54, 1.807) is 12.3 Å². The predicted molar refractivity (Wildman–Crippen MR) is 61.0 cm³/mol. The summed E-state index contributed by atoms with van der Waals surface area (Å²) in [6, 6.07) is 4.82. The van der Waals surface area contributed by atoms with Gasteiger partial charge in [-0.3, -0.25) is 24.8 Å². The van der Waals surface area contributed by atoms with Gasteiger partial charge in [-0.25, -0.2) is 0 Å². The van der Waals surface area contributed by atoms with Crippen LogP contribution in [0.2, 0.25) is 0 Å². The molecule has 17 heavy (non-hydrogen) atoms. The average molecular weight is 233 g/mol. The highest BCUT2D eigenvalue weighted by Crippen LogP contribution is 2.09. The normalized spacial score (nSPS) is 10.2. The number of hydrogen-bond donors (Lipinski definition) is 2. The fraction of sp³-hybridized carbons (Fsp3) is 0.182. The van der Waals surface area contributed by atoms with Crippen LogP contribution in [0, 0.1) is 6.92 Å². The van der Waals surface area contributed by atoms with Crippen LogP contribution in [0.3, 0.4) is 0 Å². The Hall–Kier alpha value is -2.37. The van der Waals surface area contributed by atoms with E-state index in [-0.39, 0.29) is 6.61 Å². The summed E-state index contributed by atoms with van der Waals surface area (Å²) in [6.07, 6.45) is 1.60. The second kappa shape index (κ2) is 4.65. The molecule has 0 unspecified atom stereocenters. The summed E-state index contributed by atoms with van der Waals surface area (Å²) < 4.78 is 5.39. The minimum atomic E-state index is -0.675. The fourth-order valence-electron chi connectivity index (χ4n) is 1.24. The standard InChI is InChI=1S/C11H11N3O3/c1-7-2-3-9(5-12-7)17-6-8-4-10(15)11(16)14-13-8/h2-5H,6H2,1H3,(H,13,15)(H,14,16). The Morgan fingerprint density at radius 1 is 1.29 bits per heavy atom. The molecule has 0 fully saturated rings. The number of aryl methyl sites for hydroxylation is 1. The van der Waals surface area contributed by atoms with E-state index in [0.717, 1.165) is 5.69 Å². The van der Waals surface area contributed by atoms with E-state index < -0.39 is 11.0 Å². The lowest BCUT2D eigenvalue weighted by Crippen LogP contribution is -2.28. The lowest BCUT2D eigenvalue weighted by molar-refractivity contribution is 0.298. The molecule has 0 aliphatic heterocycles. The zero-order valence-electron chi connectivity index (χ0n) is 9.19. The van der Waals surface area contributed by atoms with Crippen molar-refractivity contribution in [2.24, 2.45) is 0 Å². The third-order valence-electron chi connectivity index (χ3n) is 2.14. The Labute approximate surface area is 96.3 Å². The molecule has 6 nitrogen and oxygen atoms in total. The van der Waals surface area contributed by atoms with Gasteiger partial charge in [-0.2, -0.15) is 0 Å². The molecule has 0 saturated heterocycles. The molecule has 0 amide bonds. The van der Waals surface area contributed by atoms with Crippen LogP contribution < -0.4 is 15.7 Å². The minimum Gasteiger partial charge on any atom is -0.486 e. The van der Waals surface area contributed by atoms with Crippen molar-refractivity contribution in [3.63, 3.8) is 0 Å². The molecule has 0 aliphatic carbocycles. The number of aromatic nitrogens is 3. The van der Waals surface area contributed by atoms with Gasteiger partial charge < -0.3 is 4.74 Å². The highest BCUT2D eigenvalue weighted by atomic mass is 16.5. The van der Waals surface area contributed by atoms with Gasteiger partial charge in [0.2, 0.25) is 5.43 Å². The van der Waals surface area contributed by atoms with E-state index in [4.69, 9.17) is 4.74 Å². The highest BCUT2D eigenvalue weighted by Gasteiger charge is 1.99. The quantitative estimate of drug-likeness (QED) is 0.748. The van der Waals surface area contributed by atoms with Gasteiger partial charge in [0.25, 0.3) is 0 Å². The number of aromatic amines is 2. The van der Waals surface area contributed by atoms with Gasteiger partial charge in [0, 0.05) is 11.8 Å². The first-order valence-electron chi connectivity index (χ1n) is 5.01. The van der Waals surface area contributed by atoms with Crippen LogP contribution in [0.15, 0.2) is 34.0 Å². The molecule has 6 heteroatoms. The van der Waals surface area contributed by atoms with Gasteiger partial charge in [-0.05, 0) is 19.1 Å². The van der Waals surface area contributed by atoms with Crippen LogP contribution >= 0.6 is 0 Å². The number of nitrogens with one attached hydrogen (secondary N) is 2. The van der Waals surface area contributed by atoms with Crippen molar-refractivity contribution in [2.45, 2.75) is 13.5 Å². The monoisotopic (exact) mass is 233 g/mol. The molecule has 0 aromatic carbocycles. The summed E-state index contributed by atoms with van der Waals surface area (Å²) in [5.41, 5.74) is 0.125. The number of nitrogens with zero attached hydrogens (tertiary/aromatic N) is 1. The first-order chi connectivity index (χ1) is 8.15. The predicted octanol–water partition coefficient (Wildman–Crippen LogP) is 0.346. The van der Waals surface area contributed by atoms with E-state index in [2.05, 4.69) is 15.2 Å². The van der Waals surface area contributed by atoms with Crippen molar-refractivity contribution < 1.29 is 4.74 Å². The van der Waals surface area contributed by atoms with Gasteiger partial charge in [0.05, 0.1) is 11.9 Å². The molecule has 0 spiro atoms. The molecule has 0 radical (unpaired) electrons. The Balaban J connectivity index is 2.07. The summed E-state index contributed by atoms with van der Waals surface area (Å²) in [5.74, 6) is 0.600. The van der Waals surface area contributed by atoms with Crippen LogP contribution in [0.25, 0.3) is 0 Å². The van der Waals surface area contributed by atoms with Crippen molar-refractivity contribution in [2.75, 3.05) is 0 Å². The third-order valence-corrected chi connectivity index (χ3v) is 2.14. The zero-order valence-corrected chi connectivity index (χ0v) is 9.19. The van der Waals surface area contributed by atoms with Crippen molar-refractivity contribution in [1.29, 1.82) is 0 Å². The first-order valence-corrected chi connectivity index (χ1v) is 5.01. The zero-order chi connectivity index (χ0) is 12.3. The largest absolute Gasteiger partial charge is 0.486 e. The molecule has 0 aliphatic rings. The Bertz CT molecular complexity index is 613. The van der Waals surface area contributed by atoms with Gasteiger partial charge in [0.15, 0.2) is 0 Å². The molecular weight excluding hydrogens is 222 g/mol. The van der Waals surface area contributed by atoms with Gasteiger partial charge in [-0.15, -0.1) is 0 Å². The lowest BCUT2D eigenvalue weighted by Gasteiger charge is -2.05. The van der Waals surface area contributed by atoms with Crippen LogP contribution in [-0.2, 0) is 6.61 Å². The Kier molecular flexibility index (Phi) is 3.04. The van der Waals surface area contributed by atoms with Crippen LogP contribution in [0.4, 0.5) is 0 Å². The van der Waals surface area contributed by atoms with Crippen LogP contribution in [0.1, 0.15) is 11.4 Å². The summed E-state index contributed by atoms with van der Waals surface area (Å²) in [4.78, 5) is 26.0. The van der Waals surface area contributed by atoms with E-state index >= 15 is 0 Å². The summed E-state index contributed by atoms with van der Waals surface area (Å²) in [6.45, 7) is 2.04. The summed E-state index contributed by atoms with van der Waals surface area (Å²) in [7, 11) is 0. The maximum atomic E-state index is 11.1. The fourth-order valence-corrected chi connectivity index (χ4v) is 1.24. The highest BCUT2D eigenvalue weighted by molar-refractivity contribution is 5.19. The van der Waals surface area contributed by atoms with Gasteiger partial charge >= 0.3 is 5.56 Å². The summed E-state index contributed by atoms with van der Waals surface area (Å²) >= 11 is 0. The van der Waals surface area contributed by atoms with Crippen LogP contribution in [-0.4, -0.2) is 15.2 Å². The molecular formula is C11H11N3O3. The molecule has 2 aromatic heterocycles. The molecule has 0 atom stereocenters. The Morgan fingerprint density at radius 3 is 2.76 bits per heavy atom. The Morgan fingerprint density at radius 2 is 2.12 bits per heavy atom. The molecule has 0 bridgehead atoms. The third kappa shape index (κ3) is 2.81. The van der Waals surface area contributed by atoms with Gasteiger partial charge in [0.1, 0.15) is 12.4 Å². The van der Waals surface area contributed by atoms with Crippen molar-refractivity contribution in [3.05, 3.63) is 56.4 Å². The second-order valence-corrected chi connectivity index (χ2v) is 3.54.